The number of anilines is 2. The van der Waals surface area contributed by atoms with Crippen LogP contribution in [-0.2, 0) is 11.0 Å². The lowest BCUT2D eigenvalue weighted by Gasteiger charge is -2.25. The second-order valence-electron chi connectivity index (χ2n) is 6.79. The van der Waals surface area contributed by atoms with Crippen molar-refractivity contribution < 1.29 is 22.4 Å². The Balaban J connectivity index is 1.72. The summed E-state index contributed by atoms with van der Waals surface area (Å²) in [5.41, 5.74) is 1.16. The summed E-state index contributed by atoms with van der Waals surface area (Å²) in [5, 5.41) is 3.05. The summed E-state index contributed by atoms with van der Waals surface area (Å²) in [6.45, 7) is 0. The normalized spacial score (nSPS) is 16.5. The summed E-state index contributed by atoms with van der Waals surface area (Å²) < 4.78 is 52.1. The van der Waals surface area contributed by atoms with Gasteiger partial charge in [-0.15, -0.1) is 0 Å². The van der Waals surface area contributed by atoms with Gasteiger partial charge in [-0.2, -0.15) is 13.2 Å². The van der Waals surface area contributed by atoms with Gasteiger partial charge in [0, 0.05) is 11.4 Å². The molecule has 3 aromatic rings. The topological polar surface area (TPSA) is 32.3 Å². The molecule has 1 atom stereocenters. The van der Waals surface area contributed by atoms with Crippen molar-refractivity contribution in [3.05, 3.63) is 108 Å². The average molecular weight is 412 g/mol. The quantitative estimate of drug-likeness (QED) is 0.539. The lowest BCUT2D eigenvalue weighted by molar-refractivity contribution is -0.137. The number of nitrogens with zero attached hydrogens (tertiary/aromatic N) is 1. The van der Waals surface area contributed by atoms with Crippen molar-refractivity contribution in [3.8, 4) is 0 Å². The molecule has 152 valence electrons. The van der Waals surface area contributed by atoms with Crippen LogP contribution in [-0.4, -0.2) is 5.91 Å². The third-order valence-corrected chi connectivity index (χ3v) is 4.79. The fourth-order valence-electron chi connectivity index (χ4n) is 3.33. The number of rotatable bonds is 4. The van der Waals surface area contributed by atoms with Gasteiger partial charge in [0.05, 0.1) is 11.6 Å². The van der Waals surface area contributed by atoms with E-state index in [0.29, 0.717) is 16.9 Å². The van der Waals surface area contributed by atoms with Crippen molar-refractivity contribution in [2.45, 2.75) is 12.2 Å². The Kier molecular flexibility index (Phi) is 5.03. The number of benzene rings is 3. The molecule has 3 nitrogen and oxygen atoms in total. The van der Waals surface area contributed by atoms with Crippen LogP contribution in [0.15, 0.2) is 90.6 Å². The van der Waals surface area contributed by atoms with Gasteiger partial charge in [0.2, 0.25) is 0 Å². The number of alkyl halides is 3. The second kappa shape index (κ2) is 7.67. The van der Waals surface area contributed by atoms with Crippen LogP contribution in [0.5, 0.6) is 0 Å². The van der Waals surface area contributed by atoms with Gasteiger partial charge in [-0.3, -0.25) is 9.69 Å². The van der Waals surface area contributed by atoms with Crippen molar-refractivity contribution in [3.63, 3.8) is 0 Å². The van der Waals surface area contributed by atoms with Gasteiger partial charge in [-0.05, 0) is 60.2 Å². The summed E-state index contributed by atoms with van der Waals surface area (Å²) in [6.07, 6.45) is -2.79. The molecule has 1 amide bonds. The smallest absolute Gasteiger partial charge is 0.351 e. The molecule has 1 heterocycles. The first-order valence-corrected chi connectivity index (χ1v) is 9.13. The van der Waals surface area contributed by atoms with E-state index in [1.807, 2.05) is 18.2 Å². The van der Waals surface area contributed by atoms with Gasteiger partial charge < -0.3 is 5.32 Å². The summed E-state index contributed by atoms with van der Waals surface area (Å²) in [4.78, 5) is 14.6. The Labute approximate surface area is 170 Å². The van der Waals surface area contributed by atoms with E-state index in [9.17, 15) is 22.4 Å². The van der Waals surface area contributed by atoms with Crippen molar-refractivity contribution in [2.75, 3.05) is 10.2 Å². The zero-order valence-corrected chi connectivity index (χ0v) is 15.5. The summed E-state index contributed by atoms with van der Waals surface area (Å²) >= 11 is 0. The van der Waals surface area contributed by atoms with Crippen LogP contribution in [0.3, 0.4) is 0 Å². The van der Waals surface area contributed by atoms with Crippen LogP contribution >= 0.6 is 0 Å². The highest BCUT2D eigenvalue weighted by Gasteiger charge is 2.36. The Morgan fingerprint density at radius 1 is 0.833 bits per heavy atom. The van der Waals surface area contributed by atoms with Crippen LogP contribution in [0.4, 0.5) is 28.9 Å². The molecule has 4 rings (SSSR count). The second-order valence-corrected chi connectivity index (χ2v) is 6.79. The maximum Gasteiger partial charge on any atom is 0.416 e. The number of nitrogens with one attached hydrogen (secondary N) is 1. The number of hydrogen-bond donors (Lipinski definition) is 1. The molecule has 1 unspecified atom stereocenters. The van der Waals surface area contributed by atoms with E-state index >= 15 is 0 Å². The van der Waals surface area contributed by atoms with Crippen LogP contribution in [0.25, 0.3) is 0 Å². The van der Waals surface area contributed by atoms with Crippen molar-refractivity contribution >= 4 is 17.3 Å². The molecule has 30 heavy (non-hydrogen) atoms. The van der Waals surface area contributed by atoms with Crippen LogP contribution in [0.2, 0.25) is 0 Å². The molecule has 1 aliphatic rings. The lowest BCUT2D eigenvalue weighted by Crippen LogP contribution is -2.30. The predicted octanol–water partition coefficient (Wildman–Crippen LogP) is 5.93. The van der Waals surface area contributed by atoms with E-state index in [0.717, 1.165) is 12.1 Å². The lowest BCUT2D eigenvalue weighted by atomic mass is 10.0. The molecule has 7 heteroatoms. The largest absolute Gasteiger partial charge is 0.416 e. The van der Waals surface area contributed by atoms with E-state index in [-0.39, 0.29) is 11.6 Å². The van der Waals surface area contributed by atoms with E-state index < -0.39 is 23.6 Å². The molecule has 1 aliphatic heterocycles. The highest BCUT2D eigenvalue weighted by molar-refractivity contribution is 6.11. The Hall–Kier alpha value is -3.61. The molecule has 0 aliphatic carbocycles. The molecular formula is C23H16F4N2O. The van der Waals surface area contributed by atoms with Crippen molar-refractivity contribution in [1.29, 1.82) is 0 Å². The van der Waals surface area contributed by atoms with Crippen LogP contribution in [0, 0.1) is 5.82 Å². The number of carbonyl (C=O) groups excluding carboxylic acids is 1. The van der Waals surface area contributed by atoms with Crippen LogP contribution < -0.4 is 10.2 Å². The molecule has 1 N–H and O–H groups in total. The number of para-hydroxylation sites is 1. The molecular weight excluding hydrogens is 396 g/mol. The first-order valence-electron chi connectivity index (χ1n) is 9.13. The Bertz CT molecular complexity index is 1070. The first-order chi connectivity index (χ1) is 14.3. The standard InChI is InChI=1S/C23H16F4N2O/c24-17-10-12-19(13-11-17)29-21(15-6-8-16(9-7-15)23(25,26)27)14-20(22(29)30)28-18-4-2-1-3-5-18/h1-14,21,28H. The zero-order chi connectivity index (χ0) is 21.3. The van der Waals surface area contributed by atoms with Crippen molar-refractivity contribution in [1.82, 2.24) is 0 Å². The number of halogens is 4. The van der Waals surface area contributed by atoms with Crippen molar-refractivity contribution in [2.24, 2.45) is 0 Å². The third kappa shape index (κ3) is 3.91. The minimum Gasteiger partial charge on any atom is -0.351 e. The fraction of sp³-hybridized carbons (Fsp3) is 0.0870. The summed E-state index contributed by atoms with van der Waals surface area (Å²) in [5.74, 6) is -0.817. The summed E-state index contributed by atoms with van der Waals surface area (Å²) in [7, 11) is 0. The minimum absolute atomic E-state index is 0.287. The average Bonchev–Trinajstić information content (AvgIpc) is 3.05. The number of carbonyl (C=O) groups is 1. The van der Waals surface area contributed by atoms with Gasteiger partial charge in [0.25, 0.3) is 5.91 Å². The number of amides is 1. The monoisotopic (exact) mass is 412 g/mol. The van der Waals surface area contributed by atoms with Gasteiger partial charge in [0.15, 0.2) is 0 Å². The molecule has 0 radical (unpaired) electrons. The molecule has 0 bridgehead atoms. The molecule has 0 spiro atoms. The third-order valence-electron chi connectivity index (χ3n) is 4.79. The predicted molar refractivity (Wildman–Crippen MR) is 106 cm³/mol. The van der Waals surface area contributed by atoms with Gasteiger partial charge >= 0.3 is 6.18 Å². The first kappa shape index (κ1) is 19.7. The highest BCUT2D eigenvalue weighted by atomic mass is 19.4. The highest BCUT2D eigenvalue weighted by Crippen LogP contribution is 2.37. The molecule has 0 saturated heterocycles. The number of hydrogen-bond acceptors (Lipinski definition) is 2. The Morgan fingerprint density at radius 3 is 2.07 bits per heavy atom. The van der Waals surface area contributed by atoms with Crippen LogP contribution in [0.1, 0.15) is 17.2 Å². The maximum absolute atomic E-state index is 13.4. The van der Waals surface area contributed by atoms with Gasteiger partial charge in [-0.1, -0.05) is 30.3 Å². The summed E-state index contributed by atoms with van der Waals surface area (Å²) in [6, 6.07) is 18.5. The maximum atomic E-state index is 13.4. The van der Waals surface area contributed by atoms with E-state index in [4.69, 9.17) is 0 Å². The van der Waals surface area contributed by atoms with E-state index in [1.54, 1.807) is 18.2 Å². The Morgan fingerprint density at radius 2 is 1.47 bits per heavy atom. The van der Waals surface area contributed by atoms with Gasteiger partial charge in [-0.25, -0.2) is 4.39 Å². The fourth-order valence-corrected chi connectivity index (χ4v) is 3.33. The zero-order valence-electron chi connectivity index (χ0n) is 15.5. The molecule has 3 aromatic carbocycles. The van der Waals surface area contributed by atoms with E-state index in [1.165, 1.54) is 41.3 Å². The SMILES string of the molecule is O=C1C(Nc2ccccc2)=CC(c2ccc(C(F)(F)F)cc2)N1c1ccc(F)cc1. The molecule has 0 saturated carbocycles. The van der Waals surface area contributed by atoms with E-state index in [2.05, 4.69) is 5.32 Å². The van der Waals surface area contributed by atoms with Gasteiger partial charge in [0.1, 0.15) is 11.5 Å². The molecule has 0 fully saturated rings. The molecule has 0 aromatic heterocycles. The minimum atomic E-state index is -4.45.